The first kappa shape index (κ1) is 32.4. The number of fused-ring (bicyclic) bond motifs is 2. The van der Waals surface area contributed by atoms with Crippen LogP contribution in [-0.4, -0.2) is 64.9 Å². The number of ether oxygens (including phenoxy) is 1. The minimum absolute atomic E-state index is 0.0232. The monoisotopic (exact) mass is 666 g/mol. The lowest BCUT2D eigenvalue weighted by molar-refractivity contribution is 0.0998. The molecule has 0 spiro atoms. The molecule has 1 aromatic heterocycles. The van der Waals surface area contributed by atoms with Gasteiger partial charge in [-0.3, -0.25) is 4.68 Å². The summed E-state index contributed by atoms with van der Waals surface area (Å²) in [6, 6.07) is 17.4. The first-order chi connectivity index (χ1) is 23.8. The Kier molecular flexibility index (Phi) is 9.07. The predicted octanol–water partition coefficient (Wildman–Crippen LogP) is 7.23. The highest BCUT2D eigenvalue weighted by atomic mass is 19.3. The fraction of sp³-hybridized carbons (Fsp3) is 0.342. The first-order valence-corrected chi connectivity index (χ1v) is 16.8. The van der Waals surface area contributed by atoms with Crippen LogP contribution in [0.2, 0.25) is 0 Å². The molecule has 0 saturated carbocycles. The number of hydrogen-bond acceptors (Lipinski definition) is 5. The zero-order valence-corrected chi connectivity index (χ0v) is 27.8. The van der Waals surface area contributed by atoms with Crippen molar-refractivity contribution in [2.24, 2.45) is 7.05 Å². The van der Waals surface area contributed by atoms with Gasteiger partial charge < -0.3 is 24.8 Å². The van der Waals surface area contributed by atoms with Gasteiger partial charge in [0.15, 0.2) is 0 Å². The van der Waals surface area contributed by atoms with Gasteiger partial charge >= 0.3 is 12.1 Å². The van der Waals surface area contributed by atoms with Gasteiger partial charge in [-0.2, -0.15) is 5.10 Å². The number of aryl methyl sites for hydroxylation is 2. The maximum Gasteiger partial charge on any atom is 0.410 e. The van der Waals surface area contributed by atoms with Crippen LogP contribution in [0, 0.1) is 0 Å². The van der Waals surface area contributed by atoms with Gasteiger partial charge in [0.1, 0.15) is 6.61 Å². The average Bonchev–Trinajstić information content (AvgIpc) is 3.58. The molecule has 3 amide bonds. The maximum absolute atomic E-state index is 14.7. The van der Waals surface area contributed by atoms with Crippen molar-refractivity contribution in [2.45, 2.75) is 45.3 Å². The molecule has 0 aliphatic carbocycles. The number of nitrogens with zero attached hydrogens (tertiary/aromatic N) is 5. The summed E-state index contributed by atoms with van der Waals surface area (Å²) in [4.78, 5) is 31.3. The lowest BCUT2D eigenvalue weighted by Crippen LogP contribution is -2.42. The molecular weight excluding hydrogens is 626 g/mol. The van der Waals surface area contributed by atoms with Crippen LogP contribution in [0.1, 0.15) is 52.6 Å². The minimum atomic E-state index is -2.66. The van der Waals surface area contributed by atoms with E-state index in [-0.39, 0.29) is 24.3 Å². The number of rotatable bonds is 6. The summed E-state index contributed by atoms with van der Waals surface area (Å²) in [6.07, 6.45) is 5.43. The van der Waals surface area contributed by atoms with Crippen molar-refractivity contribution in [3.05, 3.63) is 106 Å². The van der Waals surface area contributed by atoms with Gasteiger partial charge in [-0.1, -0.05) is 42.5 Å². The van der Waals surface area contributed by atoms with Crippen LogP contribution in [0.25, 0.3) is 16.7 Å². The molecule has 49 heavy (non-hydrogen) atoms. The molecule has 4 heterocycles. The maximum atomic E-state index is 14.7. The zero-order valence-electron chi connectivity index (χ0n) is 27.8. The molecule has 0 bridgehead atoms. The van der Waals surface area contributed by atoms with E-state index in [0.717, 1.165) is 57.6 Å². The Labute approximate surface area is 284 Å². The zero-order chi connectivity index (χ0) is 34.1. The fourth-order valence-corrected chi connectivity index (χ4v) is 7.20. The molecule has 11 heteroatoms. The van der Waals surface area contributed by atoms with Crippen LogP contribution in [0.3, 0.4) is 0 Å². The third-order valence-electron chi connectivity index (χ3n) is 9.77. The number of alkyl halides is 2. The molecule has 0 unspecified atom stereocenters. The van der Waals surface area contributed by atoms with Crippen LogP contribution in [-0.2, 0) is 37.8 Å². The van der Waals surface area contributed by atoms with Gasteiger partial charge in [-0.15, -0.1) is 0 Å². The Balaban J connectivity index is 1.23. The largest absolute Gasteiger partial charge is 0.445 e. The van der Waals surface area contributed by atoms with Gasteiger partial charge in [0.2, 0.25) is 0 Å². The normalized spacial score (nSPS) is 15.9. The van der Waals surface area contributed by atoms with Crippen molar-refractivity contribution in [3.63, 3.8) is 0 Å². The number of anilines is 2. The van der Waals surface area contributed by atoms with Crippen molar-refractivity contribution in [2.75, 3.05) is 38.1 Å². The Morgan fingerprint density at radius 2 is 1.76 bits per heavy atom. The van der Waals surface area contributed by atoms with E-state index in [4.69, 9.17) is 4.74 Å². The van der Waals surface area contributed by atoms with Crippen molar-refractivity contribution >= 4 is 29.1 Å². The van der Waals surface area contributed by atoms with E-state index >= 15 is 0 Å². The number of benzene rings is 3. The lowest BCUT2D eigenvalue weighted by atomic mass is 9.88. The van der Waals surface area contributed by atoms with Gasteiger partial charge in [-0.05, 0) is 82.8 Å². The van der Waals surface area contributed by atoms with Crippen molar-refractivity contribution in [1.29, 1.82) is 0 Å². The van der Waals surface area contributed by atoms with Crippen LogP contribution >= 0.6 is 0 Å². The van der Waals surface area contributed by atoms with E-state index in [1.165, 1.54) is 0 Å². The Morgan fingerprint density at radius 1 is 0.939 bits per heavy atom. The Morgan fingerprint density at radius 3 is 2.47 bits per heavy atom. The van der Waals surface area contributed by atoms with Crippen molar-refractivity contribution in [3.8, 4) is 11.1 Å². The smallest absolute Gasteiger partial charge is 0.410 e. The number of halogens is 2. The minimum Gasteiger partial charge on any atom is -0.445 e. The van der Waals surface area contributed by atoms with E-state index in [1.807, 2.05) is 36.4 Å². The van der Waals surface area contributed by atoms with Crippen LogP contribution in [0.4, 0.5) is 29.7 Å². The molecule has 0 fully saturated rings. The van der Waals surface area contributed by atoms with Gasteiger partial charge in [-0.25, -0.2) is 18.4 Å². The number of nitrogens with one attached hydrogen (secondary N) is 1. The summed E-state index contributed by atoms with van der Waals surface area (Å²) < 4.78 is 36.5. The molecule has 3 aromatic carbocycles. The molecule has 0 saturated heterocycles. The summed E-state index contributed by atoms with van der Waals surface area (Å²) >= 11 is 0. The van der Waals surface area contributed by atoms with Crippen LogP contribution < -0.4 is 10.2 Å². The quantitative estimate of drug-likeness (QED) is 0.235. The predicted molar refractivity (Wildman–Crippen MR) is 185 cm³/mol. The molecule has 254 valence electrons. The highest BCUT2D eigenvalue weighted by molar-refractivity contribution is 5.82. The van der Waals surface area contributed by atoms with Crippen LogP contribution in [0.15, 0.2) is 73.1 Å². The molecule has 0 atom stereocenters. The number of carbonyl (C=O) groups excluding carboxylic acids is 2. The number of aromatic nitrogens is 2. The molecule has 4 aromatic rings. The van der Waals surface area contributed by atoms with E-state index < -0.39 is 6.43 Å². The second-order valence-electron chi connectivity index (χ2n) is 12.9. The number of hydrogen-bond donors (Lipinski definition) is 1. The third-order valence-corrected chi connectivity index (χ3v) is 9.77. The average molecular weight is 667 g/mol. The lowest BCUT2D eigenvalue weighted by Gasteiger charge is -2.38. The Hall–Kier alpha value is -5.19. The highest BCUT2D eigenvalue weighted by Crippen LogP contribution is 2.44. The molecule has 9 nitrogen and oxygen atoms in total. The van der Waals surface area contributed by atoms with E-state index in [2.05, 4.69) is 33.5 Å². The van der Waals surface area contributed by atoms with E-state index in [9.17, 15) is 18.4 Å². The molecular formula is C38H40F2N6O3. The summed E-state index contributed by atoms with van der Waals surface area (Å²) in [6.45, 7) is 2.85. The highest BCUT2D eigenvalue weighted by Gasteiger charge is 2.30. The number of urea groups is 1. The molecule has 3 aliphatic heterocycles. The summed E-state index contributed by atoms with van der Waals surface area (Å²) in [5.41, 5.74) is 9.15. The molecule has 1 N–H and O–H groups in total. The van der Waals surface area contributed by atoms with E-state index in [0.29, 0.717) is 56.7 Å². The third kappa shape index (κ3) is 6.62. The summed E-state index contributed by atoms with van der Waals surface area (Å²) in [5, 5.41) is 6.97. The van der Waals surface area contributed by atoms with Gasteiger partial charge in [0, 0.05) is 75.5 Å². The second kappa shape index (κ2) is 13.7. The standard InChI is InChI=1S/C38H40F2N6O3/c1-41-37(47)45-16-12-27-17-29(26-10-14-44(15-11-26)38(48)49-24-25-7-4-3-5-8-25)19-35(33(27)23-45)46-13-6-9-28-18-31(30-21-42-43(2)22-30)32(36(39)40)20-34(28)46/h3-5,7-8,10,17-22,36H,6,9,11-16,23-24H2,1-2H3,(H,41,47). The molecule has 7 rings (SSSR count). The SMILES string of the molecule is CNC(=O)N1CCc2cc(C3=CCN(C(=O)OCc4ccccc4)CC3)cc(N3CCCc4cc(-c5cnn(C)c5)c(C(F)F)cc43)c2C1. The topological polar surface area (TPSA) is 82.9 Å². The second-order valence-corrected chi connectivity index (χ2v) is 12.9. The van der Waals surface area contributed by atoms with Gasteiger partial charge in [0.05, 0.1) is 6.20 Å². The molecule has 0 radical (unpaired) electrons. The van der Waals surface area contributed by atoms with Crippen molar-refractivity contribution in [1.82, 2.24) is 24.9 Å². The number of carbonyl (C=O) groups is 2. The number of amides is 3. The van der Waals surface area contributed by atoms with Crippen LogP contribution in [0.5, 0.6) is 0 Å². The fourth-order valence-electron chi connectivity index (χ4n) is 7.20. The molecule has 3 aliphatic rings. The van der Waals surface area contributed by atoms with E-state index in [1.54, 1.807) is 47.0 Å². The van der Waals surface area contributed by atoms with Crippen molar-refractivity contribution < 1.29 is 23.1 Å². The first-order valence-electron chi connectivity index (χ1n) is 16.8. The summed E-state index contributed by atoms with van der Waals surface area (Å²) in [7, 11) is 3.41. The van der Waals surface area contributed by atoms with Gasteiger partial charge in [0.25, 0.3) is 6.43 Å². The summed E-state index contributed by atoms with van der Waals surface area (Å²) in [5.74, 6) is 0. The Bertz CT molecular complexity index is 1910.